The lowest BCUT2D eigenvalue weighted by molar-refractivity contribution is 0.236. The predicted octanol–water partition coefficient (Wildman–Crippen LogP) is 4.25. The van der Waals surface area contributed by atoms with Crippen molar-refractivity contribution < 1.29 is 5.11 Å². The van der Waals surface area contributed by atoms with Gasteiger partial charge in [0.1, 0.15) is 0 Å². The fraction of sp³-hybridized carbons (Fsp3) is 0.450. The van der Waals surface area contributed by atoms with Crippen LogP contribution in [-0.2, 0) is 6.54 Å². The Morgan fingerprint density at radius 1 is 1.30 bits per heavy atom. The molecule has 0 radical (unpaired) electrons. The van der Waals surface area contributed by atoms with Crippen molar-refractivity contribution in [2.45, 2.75) is 45.0 Å². The van der Waals surface area contributed by atoms with Crippen LogP contribution in [0.25, 0.3) is 5.70 Å². The van der Waals surface area contributed by atoms with Crippen molar-refractivity contribution in [3.63, 3.8) is 0 Å². The number of fused-ring (bicyclic) bond motifs is 1. The highest BCUT2D eigenvalue weighted by Crippen LogP contribution is 2.39. The molecule has 3 rings (SSSR count). The zero-order chi connectivity index (χ0) is 19.4. The van der Waals surface area contributed by atoms with E-state index in [-0.39, 0.29) is 12.6 Å². The second-order valence-corrected chi connectivity index (χ2v) is 9.68. The fourth-order valence-electron chi connectivity index (χ4n) is 3.21. The average Bonchev–Trinajstić information content (AvgIpc) is 3.02. The quantitative estimate of drug-likeness (QED) is 0.571. The zero-order valence-corrected chi connectivity index (χ0v) is 17.7. The molecule has 7 heteroatoms. The molecule has 5 nitrogen and oxygen atoms in total. The number of aliphatic hydroxyl groups excluding tert-OH is 1. The molecule has 0 amide bonds. The summed E-state index contributed by atoms with van der Waals surface area (Å²) in [5.41, 5.74) is 9.27. The summed E-state index contributed by atoms with van der Waals surface area (Å²) in [5.74, 6) is 0.508. The molecule has 0 spiro atoms. The van der Waals surface area contributed by atoms with Gasteiger partial charge in [-0.3, -0.25) is 0 Å². The number of nitrogens with one attached hydrogen (secondary N) is 1. The van der Waals surface area contributed by atoms with Crippen molar-refractivity contribution in [3.05, 3.63) is 52.7 Å². The number of nitrogens with two attached hydrogens (primary N) is 1. The van der Waals surface area contributed by atoms with E-state index in [1.165, 1.54) is 16.9 Å². The standard InChI is InChI=1S/C20H28N4OS2/c1-13(2)9-16(12-25)22-17-10-24(11-18-19(17)26-20(21)23-18)27-14(3)15-7-5-4-6-8-15/h4-8,10,13-14,16,22,25H,9,11-12H2,1-3H3,(H2,21,23)/t14-,16-/m1/s1. The van der Waals surface area contributed by atoms with Gasteiger partial charge in [0.15, 0.2) is 5.13 Å². The van der Waals surface area contributed by atoms with Crippen LogP contribution in [0.3, 0.4) is 0 Å². The topological polar surface area (TPSA) is 74.4 Å². The maximum absolute atomic E-state index is 9.77. The molecule has 2 atom stereocenters. The van der Waals surface area contributed by atoms with Crippen LogP contribution in [-0.4, -0.2) is 27.0 Å². The number of benzene rings is 1. The number of anilines is 1. The monoisotopic (exact) mass is 404 g/mol. The van der Waals surface area contributed by atoms with Gasteiger partial charge in [0.2, 0.25) is 0 Å². The summed E-state index contributed by atoms with van der Waals surface area (Å²) in [5, 5.41) is 14.2. The minimum Gasteiger partial charge on any atom is -0.394 e. The van der Waals surface area contributed by atoms with Gasteiger partial charge in [0.05, 0.1) is 29.4 Å². The molecule has 1 aliphatic heterocycles. The Balaban J connectivity index is 1.79. The Labute approximate surface area is 169 Å². The first-order chi connectivity index (χ1) is 13.0. The summed E-state index contributed by atoms with van der Waals surface area (Å²) >= 11 is 3.28. The van der Waals surface area contributed by atoms with E-state index in [1.54, 1.807) is 11.9 Å². The molecule has 27 heavy (non-hydrogen) atoms. The Morgan fingerprint density at radius 3 is 2.70 bits per heavy atom. The molecule has 4 N–H and O–H groups in total. The smallest absolute Gasteiger partial charge is 0.180 e. The summed E-state index contributed by atoms with van der Waals surface area (Å²) < 4.78 is 2.21. The predicted molar refractivity (Wildman–Crippen MR) is 116 cm³/mol. The van der Waals surface area contributed by atoms with Gasteiger partial charge >= 0.3 is 0 Å². The van der Waals surface area contributed by atoms with Crippen LogP contribution in [0.2, 0.25) is 0 Å². The number of hydrogen-bond acceptors (Lipinski definition) is 7. The van der Waals surface area contributed by atoms with E-state index in [0.29, 0.717) is 16.3 Å². The highest BCUT2D eigenvalue weighted by Gasteiger charge is 2.25. The molecule has 2 aromatic rings. The van der Waals surface area contributed by atoms with E-state index in [0.717, 1.165) is 29.2 Å². The van der Waals surface area contributed by atoms with E-state index in [9.17, 15) is 5.11 Å². The lowest BCUT2D eigenvalue weighted by Gasteiger charge is -2.30. The highest BCUT2D eigenvalue weighted by atomic mass is 32.2. The summed E-state index contributed by atoms with van der Waals surface area (Å²) in [6, 6.07) is 10.5. The minimum absolute atomic E-state index is 0.0175. The van der Waals surface area contributed by atoms with E-state index in [2.05, 4.69) is 65.8 Å². The second-order valence-electron chi connectivity index (χ2n) is 7.26. The van der Waals surface area contributed by atoms with Crippen molar-refractivity contribution >= 4 is 34.1 Å². The number of hydrogen-bond donors (Lipinski definition) is 3. The molecule has 0 bridgehead atoms. The molecule has 0 fully saturated rings. The molecule has 2 heterocycles. The molecule has 0 saturated carbocycles. The van der Waals surface area contributed by atoms with E-state index >= 15 is 0 Å². The number of rotatable bonds is 8. The molecule has 0 unspecified atom stereocenters. The molecule has 0 saturated heterocycles. The van der Waals surface area contributed by atoms with Crippen molar-refractivity contribution in [2.75, 3.05) is 12.3 Å². The number of nitrogen functional groups attached to an aromatic ring is 1. The van der Waals surface area contributed by atoms with Crippen LogP contribution in [0.4, 0.5) is 5.13 Å². The summed E-state index contributed by atoms with van der Waals surface area (Å²) in [6.45, 7) is 7.37. The van der Waals surface area contributed by atoms with Gasteiger partial charge in [-0.1, -0.05) is 55.5 Å². The van der Waals surface area contributed by atoms with Crippen LogP contribution < -0.4 is 11.1 Å². The average molecular weight is 405 g/mol. The Kier molecular flexibility index (Phi) is 6.68. The third kappa shape index (κ3) is 5.18. The summed E-state index contributed by atoms with van der Waals surface area (Å²) in [6.07, 6.45) is 3.04. The maximum atomic E-state index is 9.77. The van der Waals surface area contributed by atoms with Crippen LogP contribution in [0.5, 0.6) is 0 Å². The van der Waals surface area contributed by atoms with E-state index in [4.69, 9.17) is 5.73 Å². The third-order valence-corrected chi connectivity index (χ3v) is 6.49. The van der Waals surface area contributed by atoms with Gasteiger partial charge in [0.25, 0.3) is 0 Å². The lowest BCUT2D eigenvalue weighted by Crippen LogP contribution is -2.34. The second kappa shape index (κ2) is 8.99. The first-order valence-corrected chi connectivity index (χ1v) is 10.9. The van der Waals surface area contributed by atoms with Gasteiger partial charge in [-0.2, -0.15) is 0 Å². The van der Waals surface area contributed by atoms with E-state index in [1.807, 2.05) is 6.07 Å². The van der Waals surface area contributed by atoms with Crippen molar-refractivity contribution in [2.24, 2.45) is 5.92 Å². The SMILES string of the molecule is CC(C)C[C@H](CO)NC1=CN(S[C@H](C)c2ccccc2)Cc2nc(N)sc21. The first kappa shape index (κ1) is 20.0. The Bertz CT molecular complexity index is 776. The van der Waals surface area contributed by atoms with Crippen molar-refractivity contribution in [1.82, 2.24) is 14.6 Å². The van der Waals surface area contributed by atoms with Gasteiger partial charge < -0.3 is 20.5 Å². The Hall–Kier alpha value is -1.70. The normalized spacial score (nSPS) is 16.0. The molecule has 1 aromatic carbocycles. The third-order valence-electron chi connectivity index (χ3n) is 4.44. The number of nitrogens with zero attached hydrogens (tertiary/aromatic N) is 2. The van der Waals surface area contributed by atoms with Gasteiger partial charge in [-0.25, -0.2) is 4.98 Å². The van der Waals surface area contributed by atoms with Gasteiger partial charge in [-0.05, 0) is 36.8 Å². The molecule has 1 aliphatic rings. The number of aromatic nitrogens is 1. The molecular weight excluding hydrogens is 376 g/mol. The number of aliphatic hydroxyl groups is 1. The van der Waals surface area contributed by atoms with Crippen LogP contribution in [0.1, 0.15) is 48.6 Å². The number of thiazole rings is 1. The van der Waals surface area contributed by atoms with Crippen molar-refractivity contribution in [1.29, 1.82) is 0 Å². The first-order valence-electron chi connectivity index (χ1n) is 9.29. The largest absolute Gasteiger partial charge is 0.394 e. The zero-order valence-electron chi connectivity index (χ0n) is 16.1. The minimum atomic E-state index is 0.0175. The van der Waals surface area contributed by atoms with Gasteiger partial charge in [0, 0.05) is 17.5 Å². The van der Waals surface area contributed by atoms with Crippen LogP contribution >= 0.6 is 23.3 Å². The van der Waals surface area contributed by atoms with Crippen LogP contribution in [0, 0.1) is 5.92 Å². The Morgan fingerprint density at radius 2 is 2.04 bits per heavy atom. The van der Waals surface area contributed by atoms with Gasteiger partial charge in [-0.15, -0.1) is 0 Å². The fourth-order valence-corrected chi connectivity index (χ4v) is 5.07. The molecule has 0 aliphatic carbocycles. The summed E-state index contributed by atoms with van der Waals surface area (Å²) in [4.78, 5) is 5.61. The van der Waals surface area contributed by atoms with Crippen LogP contribution in [0.15, 0.2) is 36.5 Å². The maximum Gasteiger partial charge on any atom is 0.180 e. The van der Waals surface area contributed by atoms with E-state index < -0.39 is 0 Å². The summed E-state index contributed by atoms with van der Waals surface area (Å²) in [7, 11) is 0. The highest BCUT2D eigenvalue weighted by molar-refractivity contribution is 7.97. The lowest BCUT2D eigenvalue weighted by atomic mass is 10.0. The molecular formula is C20H28N4OS2. The van der Waals surface area contributed by atoms with Crippen molar-refractivity contribution in [3.8, 4) is 0 Å². The molecule has 1 aromatic heterocycles. The molecule has 146 valence electrons.